The van der Waals surface area contributed by atoms with Crippen LogP contribution in [0.5, 0.6) is 5.75 Å². The molecule has 10 heteroatoms. The van der Waals surface area contributed by atoms with Gasteiger partial charge in [-0.3, -0.25) is 0 Å². The van der Waals surface area contributed by atoms with Crippen LogP contribution in [0.2, 0.25) is 0 Å². The summed E-state index contributed by atoms with van der Waals surface area (Å²) < 4.78 is 67.8. The van der Waals surface area contributed by atoms with Gasteiger partial charge in [0.25, 0.3) is 0 Å². The maximum absolute atomic E-state index is 12.4. The van der Waals surface area contributed by atoms with Crippen LogP contribution in [-0.4, -0.2) is 40.3 Å². The summed E-state index contributed by atoms with van der Waals surface area (Å²) in [6, 6.07) is 5.97. The SMILES string of the molecule is CN(C)[C@@H](CNS(=O)(=O)c1cccc(OC(F)(F)F)c1)c1ccsc1. The van der Waals surface area contributed by atoms with E-state index in [1.165, 1.54) is 23.5 Å². The molecular weight excluding hydrogens is 377 g/mol. The summed E-state index contributed by atoms with van der Waals surface area (Å²) in [6.45, 7) is 0.0798. The van der Waals surface area contributed by atoms with Crippen LogP contribution in [-0.2, 0) is 10.0 Å². The molecule has 1 heterocycles. The molecule has 0 aliphatic carbocycles. The van der Waals surface area contributed by atoms with Crippen molar-refractivity contribution in [3.63, 3.8) is 0 Å². The van der Waals surface area contributed by atoms with E-state index < -0.39 is 22.1 Å². The van der Waals surface area contributed by atoms with E-state index in [0.717, 1.165) is 17.7 Å². The van der Waals surface area contributed by atoms with Crippen LogP contribution in [0, 0.1) is 0 Å². The standard InChI is InChI=1S/C15H17F3N2O3S2/c1-20(2)14(11-6-7-24-10-11)9-19-25(21,22)13-5-3-4-12(8-13)23-15(16,17)18/h3-8,10,14,19H,9H2,1-2H3/t14-/m0/s1. The number of nitrogens with zero attached hydrogens (tertiary/aromatic N) is 1. The van der Waals surface area contributed by atoms with E-state index in [9.17, 15) is 21.6 Å². The molecule has 1 aromatic heterocycles. The van der Waals surface area contributed by atoms with Crippen molar-refractivity contribution in [2.75, 3.05) is 20.6 Å². The minimum absolute atomic E-state index is 0.0798. The zero-order valence-electron chi connectivity index (χ0n) is 13.4. The Kier molecular flexibility index (Phi) is 6.09. The van der Waals surface area contributed by atoms with E-state index in [0.29, 0.717) is 0 Å². The Balaban J connectivity index is 2.15. The highest BCUT2D eigenvalue weighted by atomic mass is 32.2. The van der Waals surface area contributed by atoms with Crippen LogP contribution < -0.4 is 9.46 Å². The minimum Gasteiger partial charge on any atom is -0.406 e. The topological polar surface area (TPSA) is 58.6 Å². The van der Waals surface area contributed by atoms with Gasteiger partial charge in [0.1, 0.15) is 5.75 Å². The maximum Gasteiger partial charge on any atom is 0.573 e. The van der Waals surface area contributed by atoms with Gasteiger partial charge in [-0.2, -0.15) is 11.3 Å². The van der Waals surface area contributed by atoms with Crippen molar-refractivity contribution in [2.24, 2.45) is 0 Å². The predicted molar refractivity (Wildman–Crippen MR) is 89.1 cm³/mol. The Morgan fingerprint density at radius 2 is 2.00 bits per heavy atom. The summed E-state index contributed by atoms with van der Waals surface area (Å²) in [5.74, 6) is -0.586. The largest absolute Gasteiger partial charge is 0.573 e. The molecule has 138 valence electrons. The number of thiophene rings is 1. The average molecular weight is 394 g/mol. The minimum atomic E-state index is -4.88. The number of hydrogen-bond donors (Lipinski definition) is 1. The molecule has 1 aromatic carbocycles. The highest BCUT2D eigenvalue weighted by molar-refractivity contribution is 7.89. The van der Waals surface area contributed by atoms with E-state index in [1.807, 2.05) is 35.8 Å². The number of likely N-dealkylation sites (N-methyl/N-ethyl adjacent to an activating group) is 1. The van der Waals surface area contributed by atoms with E-state index in [1.54, 1.807) is 0 Å². The molecule has 0 spiro atoms. The highest BCUT2D eigenvalue weighted by Crippen LogP contribution is 2.25. The Hall–Kier alpha value is -1.62. The van der Waals surface area contributed by atoms with Gasteiger partial charge >= 0.3 is 6.36 Å². The van der Waals surface area contributed by atoms with Crippen molar-refractivity contribution >= 4 is 21.4 Å². The molecule has 0 radical (unpaired) electrons. The van der Waals surface area contributed by atoms with Crippen molar-refractivity contribution in [1.82, 2.24) is 9.62 Å². The highest BCUT2D eigenvalue weighted by Gasteiger charge is 2.31. The lowest BCUT2D eigenvalue weighted by Crippen LogP contribution is -2.34. The zero-order valence-corrected chi connectivity index (χ0v) is 15.1. The second-order valence-electron chi connectivity index (χ2n) is 5.41. The molecule has 0 saturated carbocycles. The van der Waals surface area contributed by atoms with Gasteiger partial charge in [-0.25, -0.2) is 13.1 Å². The normalized spacial score (nSPS) is 13.8. The van der Waals surface area contributed by atoms with Crippen LogP contribution in [0.15, 0.2) is 46.0 Å². The number of alkyl halides is 3. The number of halogens is 3. The first-order chi connectivity index (χ1) is 11.6. The predicted octanol–water partition coefficient (Wildman–Crippen LogP) is 3.23. The summed E-state index contributed by atoms with van der Waals surface area (Å²) in [5, 5.41) is 3.80. The number of nitrogens with one attached hydrogen (secondary N) is 1. The number of ether oxygens (including phenoxy) is 1. The first-order valence-corrected chi connectivity index (χ1v) is 9.55. The first-order valence-electron chi connectivity index (χ1n) is 7.12. The Labute approximate surface area is 148 Å². The number of rotatable bonds is 7. The van der Waals surface area contributed by atoms with Gasteiger partial charge in [0, 0.05) is 18.7 Å². The molecule has 0 fully saturated rings. The lowest BCUT2D eigenvalue weighted by atomic mass is 10.1. The van der Waals surface area contributed by atoms with E-state index >= 15 is 0 Å². The molecule has 5 nitrogen and oxygen atoms in total. The Morgan fingerprint density at radius 1 is 1.28 bits per heavy atom. The van der Waals surface area contributed by atoms with Gasteiger partial charge in [0.05, 0.1) is 4.90 Å². The smallest absolute Gasteiger partial charge is 0.406 e. The lowest BCUT2D eigenvalue weighted by Gasteiger charge is -2.24. The van der Waals surface area contributed by atoms with Crippen molar-refractivity contribution in [1.29, 1.82) is 0 Å². The van der Waals surface area contributed by atoms with Crippen molar-refractivity contribution in [2.45, 2.75) is 17.3 Å². The second kappa shape index (κ2) is 7.73. The summed E-state index contributed by atoms with van der Waals surface area (Å²) in [7, 11) is -0.351. The fraction of sp³-hybridized carbons (Fsp3) is 0.333. The molecule has 1 atom stereocenters. The maximum atomic E-state index is 12.4. The van der Waals surface area contributed by atoms with Crippen LogP contribution in [0.3, 0.4) is 0 Å². The van der Waals surface area contributed by atoms with Crippen LogP contribution >= 0.6 is 11.3 Å². The van der Waals surface area contributed by atoms with Crippen molar-refractivity contribution in [3.05, 3.63) is 46.7 Å². The summed E-state index contributed by atoms with van der Waals surface area (Å²) in [6.07, 6.45) is -4.88. The molecule has 0 unspecified atom stereocenters. The molecule has 2 rings (SSSR count). The molecule has 0 aliphatic heterocycles. The van der Waals surface area contributed by atoms with E-state index in [2.05, 4.69) is 9.46 Å². The monoisotopic (exact) mass is 394 g/mol. The molecule has 2 aromatic rings. The Bertz CT molecular complexity index is 791. The van der Waals surface area contributed by atoms with Crippen LogP contribution in [0.1, 0.15) is 11.6 Å². The number of benzene rings is 1. The quantitative estimate of drug-likeness (QED) is 0.783. The molecule has 25 heavy (non-hydrogen) atoms. The Morgan fingerprint density at radius 3 is 2.56 bits per heavy atom. The van der Waals surface area contributed by atoms with Gasteiger partial charge in [-0.15, -0.1) is 13.2 Å². The fourth-order valence-corrected chi connectivity index (χ4v) is 3.95. The third-order valence-corrected chi connectivity index (χ3v) is 5.49. The van der Waals surface area contributed by atoms with E-state index in [-0.39, 0.29) is 17.5 Å². The van der Waals surface area contributed by atoms with Crippen LogP contribution in [0.4, 0.5) is 13.2 Å². The summed E-state index contributed by atoms with van der Waals surface area (Å²) in [5.41, 5.74) is 0.951. The average Bonchev–Trinajstić information content (AvgIpc) is 2.99. The van der Waals surface area contributed by atoms with E-state index in [4.69, 9.17) is 0 Å². The van der Waals surface area contributed by atoms with Crippen molar-refractivity contribution in [3.8, 4) is 5.75 Å². The molecular formula is C15H17F3N2O3S2. The number of sulfonamides is 1. The first kappa shape index (κ1) is 19.7. The van der Waals surface area contributed by atoms with Crippen molar-refractivity contribution < 1.29 is 26.3 Å². The van der Waals surface area contributed by atoms with Gasteiger partial charge < -0.3 is 9.64 Å². The summed E-state index contributed by atoms with van der Waals surface area (Å²) in [4.78, 5) is 1.56. The second-order valence-corrected chi connectivity index (χ2v) is 7.96. The molecule has 1 N–H and O–H groups in total. The molecule has 0 saturated heterocycles. The fourth-order valence-electron chi connectivity index (χ4n) is 2.17. The third-order valence-electron chi connectivity index (χ3n) is 3.37. The van der Waals surface area contributed by atoms with Gasteiger partial charge in [0.2, 0.25) is 10.0 Å². The van der Waals surface area contributed by atoms with Gasteiger partial charge in [0.15, 0.2) is 0 Å². The van der Waals surface area contributed by atoms with Gasteiger partial charge in [-0.1, -0.05) is 6.07 Å². The molecule has 0 aliphatic rings. The molecule has 0 bridgehead atoms. The van der Waals surface area contributed by atoms with Crippen LogP contribution in [0.25, 0.3) is 0 Å². The number of hydrogen-bond acceptors (Lipinski definition) is 5. The van der Waals surface area contributed by atoms with Gasteiger partial charge in [-0.05, 0) is 48.6 Å². The third kappa shape index (κ3) is 5.70. The zero-order chi connectivity index (χ0) is 18.7. The lowest BCUT2D eigenvalue weighted by molar-refractivity contribution is -0.274. The summed E-state index contributed by atoms with van der Waals surface area (Å²) >= 11 is 1.50. The molecule has 0 amide bonds.